The van der Waals surface area contributed by atoms with E-state index in [0.717, 1.165) is 24.6 Å². The molecule has 0 fully saturated rings. The highest BCUT2D eigenvalue weighted by Gasteiger charge is 2.10. The molecule has 3 rings (SSSR count). The highest BCUT2D eigenvalue weighted by Crippen LogP contribution is 2.12. The van der Waals surface area contributed by atoms with Crippen LogP contribution in [0.1, 0.15) is 31.3 Å². The van der Waals surface area contributed by atoms with Crippen LogP contribution in [0, 0.1) is 0 Å². The molecule has 2 heterocycles. The van der Waals surface area contributed by atoms with Crippen molar-refractivity contribution in [2.75, 3.05) is 0 Å². The van der Waals surface area contributed by atoms with Crippen LogP contribution in [0.5, 0.6) is 0 Å². The minimum atomic E-state index is 0.213. The molecule has 0 saturated carbocycles. The molecule has 1 N–H and O–H groups in total. The van der Waals surface area contributed by atoms with E-state index in [-0.39, 0.29) is 6.04 Å². The molecule has 2 aromatic heterocycles. The second kappa shape index (κ2) is 6.53. The smallest absolute Gasteiger partial charge is 0.138 e. The van der Waals surface area contributed by atoms with Crippen molar-refractivity contribution in [3.8, 4) is 5.69 Å². The van der Waals surface area contributed by atoms with Gasteiger partial charge in [0.25, 0.3) is 0 Å². The molecule has 0 aliphatic heterocycles. The molecule has 0 radical (unpaired) electrons. The van der Waals surface area contributed by atoms with E-state index in [1.807, 2.05) is 24.5 Å². The monoisotopic (exact) mass is 296 g/mol. The summed E-state index contributed by atoms with van der Waals surface area (Å²) in [5.74, 6) is 1.07. The molecule has 0 aliphatic rings. The maximum atomic E-state index is 4.43. The van der Waals surface area contributed by atoms with Gasteiger partial charge in [0, 0.05) is 25.5 Å². The van der Waals surface area contributed by atoms with Gasteiger partial charge >= 0.3 is 0 Å². The van der Waals surface area contributed by atoms with Gasteiger partial charge in [0.05, 0.1) is 11.7 Å². The fourth-order valence-corrected chi connectivity index (χ4v) is 2.44. The van der Waals surface area contributed by atoms with Crippen molar-refractivity contribution < 1.29 is 0 Å². The minimum absolute atomic E-state index is 0.213. The number of aryl methyl sites for hydroxylation is 1. The number of benzene rings is 1. The molecule has 0 amide bonds. The van der Waals surface area contributed by atoms with E-state index >= 15 is 0 Å². The summed E-state index contributed by atoms with van der Waals surface area (Å²) in [4.78, 5) is 8.38. The molecule has 0 spiro atoms. The molecule has 1 unspecified atom stereocenters. The van der Waals surface area contributed by atoms with E-state index in [2.05, 4.69) is 50.9 Å². The van der Waals surface area contributed by atoms with Gasteiger partial charge in [-0.2, -0.15) is 5.10 Å². The van der Waals surface area contributed by atoms with Crippen LogP contribution in [0.25, 0.3) is 5.69 Å². The van der Waals surface area contributed by atoms with Gasteiger partial charge in [0.1, 0.15) is 18.5 Å². The molecular weight excluding hydrogens is 276 g/mol. The largest absolute Gasteiger partial charge is 0.334 e. The zero-order valence-corrected chi connectivity index (χ0v) is 12.8. The minimum Gasteiger partial charge on any atom is -0.334 e. The number of hydrogen-bond acceptors (Lipinski definition) is 4. The summed E-state index contributed by atoms with van der Waals surface area (Å²) in [6.07, 6.45) is 7.09. The van der Waals surface area contributed by atoms with Crippen LogP contribution in [-0.4, -0.2) is 24.3 Å². The van der Waals surface area contributed by atoms with Gasteiger partial charge in [0.2, 0.25) is 0 Å². The third-order valence-electron chi connectivity index (χ3n) is 3.71. The average molecular weight is 296 g/mol. The van der Waals surface area contributed by atoms with Crippen LogP contribution in [0.2, 0.25) is 0 Å². The molecule has 0 saturated heterocycles. The van der Waals surface area contributed by atoms with Crippen LogP contribution < -0.4 is 5.32 Å². The topological polar surface area (TPSA) is 60.6 Å². The number of aromatic nitrogens is 5. The van der Waals surface area contributed by atoms with E-state index in [1.54, 1.807) is 11.0 Å². The Bertz CT molecular complexity index is 699. The Hall–Kier alpha value is -2.47. The van der Waals surface area contributed by atoms with Crippen LogP contribution in [-0.2, 0) is 13.1 Å². The maximum Gasteiger partial charge on any atom is 0.138 e. The number of imidazole rings is 1. The Morgan fingerprint density at radius 3 is 2.73 bits per heavy atom. The van der Waals surface area contributed by atoms with E-state index in [1.165, 1.54) is 11.9 Å². The number of rotatable bonds is 6. The predicted octanol–water partition coefficient (Wildman–Crippen LogP) is 2.33. The lowest BCUT2D eigenvalue weighted by Gasteiger charge is -2.15. The van der Waals surface area contributed by atoms with Gasteiger partial charge in [-0.3, -0.25) is 0 Å². The van der Waals surface area contributed by atoms with Crippen LogP contribution in [0.15, 0.2) is 49.3 Å². The summed E-state index contributed by atoms with van der Waals surface area (Å²) in [5.41, 5.74) is 2.24. The zero-order chi connectivity index (χ0) is 15.4. The van der Waals surface area contributed by atoms with Gasteiger partial charge in [0.15, 0.2) is 0 Å². The maximum absolute atomic E-state index is 4.43. The van der Waals surface area contributed by atoms with E-state index < -0.39 is 0 Å². The summed E-state index contributed by atoms with van der Waals surface area (Å²) < 4.78 is 3.91. The van der Waals surface area contributed by atoms with E-state index in [4.69, 9.17) is 0 Å². The van der Waals surface area contributed by atoms with Crippen molar-refractivity contribution in [3.63, 3.8) is 0 Å². The lowest BCUT2D eigenvalue weighted by molar-refractivity contribution is 0.517. The Morgan fingerprint density at radius 2 is 2.05 bits per heavy atom. The first-order chi connectivity index (χ1) is 10.8. The number of nitrogens with zero attached hydrogens (tertiary/aromatic N) is 5. The summed E-state index contributed by atoms with van der Waals surface area (Å²) in [7, 11) is 0. The second-order valence-corrected chi connectivity index (χ2v) is 5.18. The third-order valence-corrected chi connectivity index (χ3v) is 3.71. The Kier molecular flexibility index (Phi) is 4.29. The number of hydrogen-bond donors (Lipinski definition) is 1. The lowest BCUT2D eigenvalue weighted by atomic mass is 10.2. The molecule has 3 aromatic rings. The predicted molar refractivity (Wildman–Crippen MR) is 84.5 cm³/mol. The Labute approximate surface area is 129 Å². The first-order valence-corrected chi connectivity index (χ1v) is 7.46. The molecule has 6 nitrogen and oxygen atoms in total. The summed E-state index contributed by atoms with van der Waals surface area (Å²) in [6, 6.07) is 8.50. The number of nitrogens with one attached hydrogen (secondary N) is 1. The lowest BCUT2D eigenvalue weighted by Crippen LogP contribution is -2.21. The van der Waals surface area contributed by atoms with Gasteiger partial charge in [-0.15, -0.1) is 0 Å². The first kappa shape index (κ1) is 14.5. The normalized spacial score (nSPS) is 12.5. The van der Waals surface area contributed by atoms with Crippen LogP contribution >= 0.6 is 0 Å². The van der Waals surface area contributed by atoms with Crippen LogP contribution in [0.4, 0.5) is 0 Å². The van der Waals surface area contributed by atoms with Crippen molar-refractivity contribution in [2.45, 2.75) is 33.0 Å². The van der Waals surface area contributed by atoms with Crippen LogP contribution in [0.3, 0.4) is 0 Å². The Balaban J connectivity index is 1.62. The second-order valence-electron chi connectivity index (χ2n) is 5.18. The molecule has 0 aliphatic carbocycles. The molecule has 114 valence electrons. The highest BCUT2D eigenvalue weighted by atomic mass is 15.3. The Morgan fingerprint density at radius 1 is 1.23 bits per heavy atom. The standard InChI is InChI=1S/C16H20N6/c1-3-21-9-8-18-16(21)13(2)19-10-14-4-6-15(7-5-14)22-12-17-11-20-22/h4-9,11-13,19H,3,10H2,1-2H3. The van der Waals surface area contributed by atoms with Gasteiger partial charge < -0.3 is 9.88 Å². The molecule has 1 atom stereocenters. The highest BCUT2D eigenvalue weighted by molar-refractivity contribution is 5.33. The summed E-state index contributed by atoms with van der Waals surface area (Å²) in [5, 5.41) is 7.63. The third kappa shape index (κ3) is 3.07. The summed E-state index contributed by atoms with van der Waals surface area (Å²) in [6.45, 7) is 6.00. The molecule has 1 aromatic carbocycles. The molecular formula is C16H20N6. The molecule has 22 heavy (non-hydrogen) atoms. The SMILES string of the molecule is CCn1ccnc1C(C)NCc1ccc(-n2cncn2)cc1. The zero-order valence-electron chi connectivity index (χ0n) is 12.8. The fourth-order valence-electron chi connectivity index (χ4n) is 2.44. The van der Waals surface area contributed by atoms with Crippen molar-refractivity contribution in [2.24, 2.45) is 0 Å². The molecule has 0 bridgehead atoms. The van der Waals surface area contributed by atoms with Crippen molar-refractivity contribution in [1.82, 2.24) is 29.6 Å². The van der Waals surface area contributed by atoms with Gasteiger partial charge in [-0.1, -0.05) is 12.1 Å². The summed E-state index contributed by atoms with van der Waals surface area (Å²) >= 11 is 0. The van der Waals surface area contributed by atoms with E-state index in [9.17, 15) is 0 Å². The quantitative estimate of drug-likeness (QED) is 0.758. The van der Waals surface area contributed by atoms with Crippen molar-refractivity contribution in [3.05, 3.63) is 60.7 Å². The van der Waals surface area contributed by atoms with Crippen molar-refractivity contribution >= 4 is 0 Å². The fraction of sp³-hybridized carbons (Fsp3) is 0.312. The van der Waals surface area contributed by atoms with Gasteiger partial charge in [-0.25, -0.2) is 14.6 Å². The van der Waals surface area contributed by atoms with Crippen molar-refractivity contribution in [1.29, 1.82) is 0 Å². The average Bonchev–Trinajstić information content (AvgIpc) is 3.24. The molecule has 6 heteroatoms. The van der Waals surface area contributed by atoms with E-state index in [0.29, 0.717) is 0 Å². The first-order valence-electron chi connectivity index (χ1n) is 7.46. The van der Waals surface area contributed by atoms with Gasteiger partial charge in [-0.05, 0) is 31.5 Å².